The third-order valence-electron chi connectivity index (χ3n) is 0.894. The largest absolute Gasteiger partial charge is 0.309 e. The molecule has 0 fully saturated rings. The summed E-state index contributed by atoms with van der Waals surface area (Å²) in [4.78, 5) is 2.08. The Bertz CT molecular complexity index is 85.5. The maximum absolute atomic E-state index is 8.11. The zero-order chi connectivity index (χ0) is 6.41. The van der Waals surface area contributed by atoms with Crippen LogP contribution in [0.15, 0.2) is 0 Å². The van der Waals surface area contributed by atoms with Crippen LogP contribution >= 0.6 is 12.4 Å². The van der Waals surface area contributed by atoms with Crippen LogP contribution in [-0.2, 0) is 0 Å². The van der Waals surface area contributed by atoms with Gasteiger partial charge in [0.15, 0.2) is 0 Å². The molecule has 0 aliphatic heterocycles. The lowest BCUT2D eigenvalue weighted by molar-refractivity contribution is 0.402. The number of rotatable bonds is 3. The van der Waals surface area contributed by atoms with Crippen molar-refractivity contribution in [3.8, 4) is 6.07 Å². The number of halogens is 1. The molecule has 54 valence electrons. The Morgan fingerprint density at radius 2 is 2.00 bits per heavy atom. The molecular formula is C6H13ClN2. The summed E-state index contributed by atoms with van der Waals surface area (Å²) in [6, 6.07) is 2.10. The molecule has 0 N–H and O–H groups in total. The second kappa shape index (κ2) is 7.74. The Labute approximate surface area is 62.9 Å². The summed E-state index contributed by atoms with van der Waals surface area (Å²) >= 11 is 0. The summed E-state index contributed by atoms with van der Waals surface area (Å²) in [7, 11) is 4.02. The van der Waals surface area contributed by atoms with Crippen LogP contribution in [0.3, 0.4) is 0 Å². The van der Waals surface area contributed by atoms with E-state index in [0.717, 1.165) is 13.0 Å². The van der Waals surface area contributed by atoms with Crippen molar-refractivity contribution < 1.29 is 0 Å². The third kappa shape index (κ3) is 11.4. The zero-order valence-corrected chi connectivity index (χ0v) is 6.74. The molecule has 0 heterocycles. The van der Waals surface area contributed by atoms with Crippen molar-refractivity contribution >= 4 is 12.4 Å². The quantitative estimate of drug-likeness (QED) is 0.564. The van der Waals surface area contributed by atoms with Gasteiger partial charge in [-0.2, -0.15) is 5.26 Å². The predicted octanol–water partition coefficient (Wildman–Crippen LogP) is 1.27. The topological polar surface area (TPSA) is 27.0 Å². The monoisotopic (exact) mass is 148 g/mol. The Hall–Kier alpha value is -0.260. The minimum absolute atomic E-state index is 0. The molecule has 9 heavy (non-hydrogen) atoms. The Balaban J connectivity index is 0. The normalized spacial score (nSPS) is 8.22. The minimum Gasteiger partial charge on any atom is -0.309 e. The fraction of sp³-hybridized carbons (Fsp3) is 0.833. The summed E-state index contributed by atoms with van der Waals surface area (Å²) in [5.41, 5.74) is 0. The molecule has 0 spiro atoms. The van der Waals surface area contributed by atoms with Gasteiger partial charge in [0, 0.05) is 6.42 Å². The molecule has 0 bridgehead atoms. The molecule has 0 aromatic rings. The summed E-state index contributed by atoms with van der Waals surface area (Å²) < 4.78 is 0. The van der Waals surface area contributed by atoms with Crippen molar-refractivity contribution in [2.24, 2.45) is 0 Å². The molecule has 0 atom stereocenters. The van der Waals surface area contributed by atoms with Crippen LogP contribution in [0.1, 0.15) is 12.8 Å². The van der Waals surface area contributed by atoms with E-state index in [4.69, 9.17) is 5.26 Å². The number of nitriles is 1. The number of hydrogen-bond acceptors (Lipinski definition) is 2. The molecule has 0 rings (SSSR count). The lowest BCUT2D eigenvalue weighted by atomic mass is 10.3. The lowest BCUT2D eigenvalue weighted by Crippen LogP contribution is -2.12. The average molecular weight is 149 g/mol. The smallest absolute Gasteiger partial charge is 0.0622 e. The number of hydrogen-bond donors (Lipinski definition) is 0. The Kier molecular flexibility index (Phi) is 9.91. The van der Waals surface area contributed by atoms with E-state index in [1.807, 2.05) is 14.1 Å². The second-order valence-electron chi connectivity index (χ2n) is 2.06. The molecule has 0 aromatic heterocycles. The Morgan fingerprint density at radius 3 is 2.33 bits per heavy atom. The van der Waals surface area contributed by atoms with Gasteiger partial charge < -0.3 is 4.90 Å². The molecule has 0 radical (unpaired) electrons. The van der Waals surface area contributed by atoms with E-state index in [9.17, 15) is 0 Å². The van der Waals surface area contributed by atoms with E-state index < -0.39 is 0 Å². The molecule has 0 aliphatic carbocycles. The Morgan fingerprint density at radius 1 is 1.44 bits per heavy atom. The van der Waals surface area contributed by atoms with Gasteiger partial charge in [-0.1, -0.05) is 0 Å². The molecule has 3 heteroatoms. The second-order valence-corrected chi connectivity index (χ2v) is 2.06. The predicted molar refractivity (Wildman–Crippen MR) is 40.6 cm³/mol. The maximum atomic E-state index is 8.11. The van der Waals surface area contributed by atoms with Gasteiger partial charge in [-0.05, 0) is 27.1 Å². The van der Waals surface area contributed by atoms with Crippen LogP contribution in [-0.4, -0.2) is 25.5 Å². The van der Waals surface area contributed by atoms with Crippen LogP contribution in [0, 0.1) is 11.3 Å². The molecule has 0 unspecified atom stereocenters. The van der Waals surface area contributed by atoms with E-state index in [1.165, 1.54) is 0 Å². The molecule has 0 saturated carbocycles. The van der Waals surface area contributed by atoms with Gasteiger partial charge in [-0.3, -0.25) is 0 Å². The van der Waals surface area contributed by atoms with Crippen LogP contribution in [0.5, 0.6) is 0 Å². The van der Waals surface area contributed by atoms with E-state index in [1.54, 1.807) is 0 Å². The van der Waals surface area contributed by atoms with E-state index in [-0.39, 0.29) is 12.4 Å². The maximum Gasteiger partial charge on any atom is 0.0622 e. The van der Waals surface area contributed by atoms with Crippen LogP contribution < -0.4 is 0 Å². The van der Waals surface area contributed by atoms with Gasteiger partial charge in [0.25, 0.3) is 0 Å². The van der Waals surface area contributed by atoms with E-state index in [0.29, 0.717) is 6.42 Å². The van der Waals surface area contributed by atoms with Crippen LogP contribution in [0.4, 0.5) is 0 Å². The van der Waals surface area contributed by atoms with Gasteiger partial charge in [0.05, 0.1) is 6.07 Å². The summed E-state index contributed by atoms with van der Waals surface area (Å²) in [6.07, 6.45) is 1.67. The van der Waals surface area contributed by atoms with Crippen LogP contribution in [0.2, 0.25) is 0 Å². The van der Waals surface area contributed by atoms with Crippen molar-refractivity contribution in [3.05, 3.63) is 0 Å². The number of unbranched alkanes of at least 4 members (excludes halogenated alkanes) is 1. The first-order valence-corrected chi connectivity index (χ1v) is 2.79. The molecule has 0 aromatic carbocycles. The van der Waals surface area contributed by atoms with Crippen LogP contribution in [0.25, 0.3) is 0 Å². The molecule has 0 amide bonds. The highest BCUT2D eigenvalue weighted by Gasteiger charge is 1.86. The van der Waals surface area contributed by atoms with Gasteiger partial charge in [0.2, 0.25) is 0 Å². The van der Waals surface area contributed by atoms with Crippen molar-refractivity contribution in [2.75, 3.05) is 20.6 Å². The average Bonchev–Trinajstić information content (AvgIpc) is 1.66. The molecular weight excluding hydrogens is 136 g/mol. The molecule has 0 aliphatic rings. The highest BCUT2D eigenvalue weighted by atomic mass is 35.5. The molecule has 0 saturated heterocycles. The summed E-state index contributed by atoms with van der Waals surface area (Å²) in [6.45, 7) is 1.02. The van der Waals surface area contributed by atoms with Crippen molar-refractivity contribution in [3.63, 3.8) is 0 Å². The van der Waals surface area contributed by atoms with Crippen molar-refractivity contribution in [1.82, 2.24) is 4.90 Å². The van der Waals surface area contributed by atoms with Gasteiger partial charge in [-0.25, -0.2) is 0 Å². The first-order valence-electron chi connectivity index (χ1n) is 2.79. The summed E-state index contributed by atoms with van der Waals surface area (Å²) in [5, 5.41) is 8.11. The third-order valence-corrected chi connectivity index (χ3v) is 0.894. The lowest BCUT2D eigenvalue weighted by Gasteiger charge is -2.05. The zero-order valence-electron chi connectivity index (χ0n) is 5.92. The van der Waals surface area contributed by atoms with Gasteiger partial charge in [0.1, 0.15) is 0 Å². The SMILES string of the molecule is CN(C)CCCC#N.Cl. The fourth-order valence-corrected chi connectivity index (χ4v) is 0.474. The first kappa shape index (κ1) is 11.5. The first-order chi connectivity index (χ1) is 3.77. The van der Waals surface area contributed by atoms with E-state index in [2.05, 4.69) is 11.0 Å². The minimum atomic E-state index is 0. The molecule has 2 nitrogen and oxygen atoms in total. The van der Waals surface area contributed by atoms with Gasteiger partial charge in [-0.15, -0.1) is 12.4 Å². The van der Waals surface area contributed by atoms with Gasteiger partial charge >= 0.3 is 0 Å². The number of nitrogens with zero attached hydrogens (tertiary/aromatic N) is 2. The summed E-state index contributed by atoms with van der Waals surface area (Å²) in [5.74, 6) is 0. The van der Waals surface area contributed by atoms with E-state index >= 15 is 0 Å². The fourth-order valence-electron chi connectivity index (χ4n) is 0.474. The standard InChI is InChI=1S/C6H12N2.ClH/c1-8(2)6-4-3-5-7;/h3-4,6H2,1-2H3;1H. The highest BCUT2D eigenvalue weighted by Crippen LogP contribution is 1.86. The highest BCUT2D eigenvalue weighted by molar-refractivity contribution is 5.85. The van der Waals surface area contributed by atoms with Crippen molar-refractivity contribution in [1.29, 1.82) is 5.26 Å². The van der Waals surface area contributed by atoms with Crippen molar-refractivity contribution in [2.45, 2.75) is 12.8 Å².